The number of unbranched alkanes of at least 4 members (excludes halogenated alkanes) is 2. The van der Waals surface area contributed by atoms with E-state index in [0.717, 1.165) is 50.5 Å². The van der Waals surface area contributed by atoms with E-state index in [2.05, 4.69) is 15.9 Å². The fourth-order valence-corrected chi connectivity index (χ4v) is 4.69. The molecule has 0 aliphatic carbocycles. The van der Waals surface area contributed by atoms with Gasteiger partial charge in [0.25, 0.3) is 5.56 Å². The minimum absolute atomic E-state index is 0.152. The molecule has 0 spiro atoms. The van der Waals surface area contributed by atoms with Gasteiger partial charge in [-0.1, -0.05) is 24.3 Å². The van der Waals surface area contributed by atoms with E-state index in [9.17, 15) is 9.59 Å². The molecule has 1 fully saturated rings. The van der Waals surface area contributed by atoms with Crippen LogP contribution in [0.4, 0.5) is 5.69 Å². The minimum atomic E-state index is -0.250. The lowest BCUT2D eigenvalue weighted by Gasteiger charge is -2.36. The van der Waals surface area contributed by atoms with E-state index < -0.39 is 0 Å². The highest BCUT2D eigenvalue weighted by Gasteiger charge is 2.20. The van der Waals surface area contributed by atoms with Crippen LogP contribution in [0, 0.1) is 0 Å². The predicted molar refractivity (Wildman–Crippen MR) is 135 cm³/mol. The predicted octanol–water partition coefficient (Wildman–Crippen LogP) is 2.16. The first-order chi connectivity index (χ1) is 16.6. The molecular formula is C26H34N4O4. The standard InChI is InChI=1S/C26H34N4O4/c1-34-24-12-6-5-11-23(24)28-17-14-27(15-18-28)16-19-30-25(32)21-9-3-4-10-22(21)29(26(30)33)13-7-2-8-20-31/h3-6,9-12,31H,2,7-8,13-20H2,1H3. The summed E-state index contributed by atoms with van der Waals surface area (Å²) in [6, 6.07) is 15.4. The summed E-state index contributed by atoms with van der Waals surface area (Å²) in [4.78, 5) is 31.0. The van der Waals surface area contributed by atoms with Gasteiger partial charge in [0.15, 0.2) is 0 Å². The van der Waals surface area contributed by atoms with E-state index in [1.54, 1.807) is 17.7 Å². The van der Waals surface area contributed by atoms with E-state index in [1.807, 2.05) is 36.4 Å². The molecule has 1 saturated heterocycles. The zero-order valence-electron chi connectivity index (χ0n) is 19.9. The van der Waals surface area contributed by atoms with Crippen molar-refractivity contribution in [1.82, 2.24) is 14.0 Å². The van der Waals surface area contributed by atoms with Crippen LogP contribution in [0.2, 0.25) is 0 Å². The molecule has 8 heteroatoms. The van der Waals surface area contributed by atoms with Crippen LogP contribution in [0.3, 0.4) is 0 Å². The number of aliphatic hydroxyl groups is 1. The van der Waals surface area contributed by atoms with E-state index in [-0.39, 0.29) is 17.9 Å². The molecule has 1 N–H and O–H groups in total. The Morgan fingerprint density at radius 2 is 1.56 bits per heavy atom. The average molecular weight is 467 g/mol. The van der Waals surface area contributed by atoms with Gasteiger partial charge in [-0.3, -0.25) is 18.8 Å². The maximum Gasteiger partial charge on any atom is 0.331 e. The molecule has 0 radical (unpaired) electrons. The van der Waals surface area contributed by atoms with Crippen LogP contribution in [0.1, 0.15) is 19.3 Å². The number of aromatic nitrogens is 2. The van der Waals surface area contributed by atoms with Crippen LogP contribution in [-0.4, -0.2) is 65.6 Å². The van der Waals surface area contributed by atoms with E-state index in [0.29, 0.717) is 37.0 Å². The minimum Gasteiger partial charge on any atom is -0.495 e. The zero-order valence-corrected chi connectivity index (χ0v) is 19.9. The van der Waals surface area contributed by atoms with Crippen LogP contribution < -0.4 is 20.9 Å². The number of ether oxygens (including phenoxy) is 1. The van der Waals surface area contributed by atoms with Crippen molar-refractivity contribution >= 4 is 16.6 Å². The number of fused-ring (bicyclic) bond motifs is 1. The SMILES string of the molecule is COc1ccccc1N1CCN(CCn2c(=O)c3ccccc3n(CCCCCO)c2=O)CC1. The fraction of sp³-hybridized carbons (Fsp3) is 0.462. The van der Waals surface area contributed by atoms with Crippen LogP contribution in [0.5, 0.6) is 5.75 Å². The molecule has 0 amide bonds. The largest absolute Gasteiger partial charge is 0.495 e. The molecule has 0 saturated carbocycles. The molecule has 1 aromatic heterocycles. The smallest absolute Gasteiger partial charge is 0.331 e. The second kappa shape index (κ2) is 11.4. The van der Waals surface area contributed by atoms with Crippen molar-refractivity contribution in [3.8, 4) is 5.75 Å². The van der Waals surface area contributed by atoms with Gasteiger partial charge in [0.05, 0.1) is 23.7 Å². The van der Waals surface area contributed by atoms with Gasteiger partial charge in [0, 0.05) is 52.4 Å². The first-order valence-electron chi connectivity index (χ1n) is 12.1. The third-order valence-electron chi connectivity index (χ3n) is 6.61. The third-order valence-corrected chi connectivity index (χ3v) is 6.61. The number of rotatable bonds is 10. The molecule has 1 aliphatic rings. The van der Waals surface area contributed by atoms with Gasteiger partial charge >= 0.3 is 5.69 Å². The van der Waals surface area contributed by atoms with Crippen LogP contribution in [0.15, 0.2) is 58.1 Å². The van der Waals surface area contributed by atoms with Crippen molar-refractivity contribution < 1.29 is 9.84 Å². The summed E-state index contributed by atoms with van der Waals surface area (Å²) in [5.74, 6) is 0.873. The Bertz CT molecular complexity index is 1210. The summed E-state index contributed by atoms with van der Waals surface area (Å²) < 4.78 is 8.61. The average Bonchev–Trinajstić information content (AvgIpc) is 2.88. The van der Waals surface area contributed by atoms with E-state index in [4.69, 9.17) is 9.84 Å². The quantitative estimate of drug-likeness (QED) is 0.462. The summed E-state index contributed by atoms with van der Waals surface area (Å²) in [6.07, 6.45) is 2.34. The van der Waals surface area contributed by atoms with Gasteiger partial charge < -0.3 is 14.7 Å². The number of piperazine rings is 1. The van der Waals surface area contributed by atoms with Crippen molar-refractivity contribution in [3.63, 3.8) is 0 Å². The number of hydrogen-bond acceptors (Lipinski definition) is 6. The number of anilines is 1. The molecule has 3 aromatic rings. The Labute approximate surface area is 199 Å². The van der Waals surface area contributed by atoms with Crippen molar-refractivity contribution in [2.24, 2.45) is 0 Å². The molecule has 0 atom stereocenters. The van der Waals surface area contributed by atoms with Crippen molar-refractivity contribution in [2.75, 3.05) is 51.3 Å². The number of para-hydroxylation sites is 3. The second-order valence-corrected chi connectivity index (χ2v) is 8.69. The number of benzene rings is 2. The third kappa shape index (κ3) is 5.18. The monoisotopic (exact) mass is 466 g/mol. The fourth-order valence-electron chi connectivity index (χ4n) is 4.69. The Balaban J connectivity index is 1.46. The highest BCUT2D eigenvalue weighted by atomic mass is 16.5. The van der Waals surface area contributed by atoms with Gasteiger partial charge in [0.2, 0.25) is 0 Å². The Kier molecular flexibility index (Phi) is 8.03. The molecule has 8 nitrogen and oxygen atoms in total. The number of aliphatic hydroxyl groups excluding tert-OH is 1. The number of methoxy groups -OCH3 is 1. The molecule has 2 aromatic carbocycles. The summed E-state index contributed by atoms with van der Waals surface area (Å²) in [7, 11) is 1.69. The van der Waals surface area contributed by atoms with E-state index in [1.165, 1.54) is 4.57 Å². The first-order valence-corrected chi connectivity index (χ1v) is 12.1. The van der Waals surface area contributed by atoms with Gasteiger partial charge in [-0.2, -0.15) is 0 Å². The number of hydrogen-bond donors (Lipinski definition) is 1. The van der Waals surface area contributed by atoms with Gasteiger partial charge in [0.1, 0.15) is 5.75 Å². The molecule has 2 heterocycles. The lowest BCUT2D eigenvalue weighted by atomic mass is 10.2. The molecule has 0 bridgehead atoms. The van der Waals surface area contributed by atoms with Gasteiger partial charge in [-0.15, -0.1) is 0 Å². The topological polar surface area (TPSA) is 79.9 Å². The van der Waals surface area contributed by atoms with Crippen molar-refractivity contribution in [3.05, 3.63) is 69.4 Å². The van der Waals surface area contributed by atoms with Crippen LogP contribution >= 0.6 is 0 Å². The summed E-state index contributed by atoms with van der Waals surface area (Å²) >= 11 is 0. The number of nitrogens with zero attached hydrogens (tertiary/aromatic N) is 4. The van der Waals surface area contributed by atoms with Crippen molar-refractivity contribution in [2.45, 2.75) is 32.4 Å². The maximum absolute atomic E-state index is 13.3. The summed E-state index contributed by atoms with van der Waals surface area (Å²) in [5, 5.41) is 9.62. The van der Waals surface area contributed by atoms with Crippen molar-refractivity contribution in [1.29, 1.82) is 0 Å². The molecule has 0 unspecified atom stereocenters. The molecule has 34 heavy (non-hydrogen) atoms. The molecular weight excluding hydrogens is 432 g/mol. The maximum atomic E-state index is 13.3. The normalized spacial score (nSPS) is 14.6. The Morgan fingerprint density at radius 3 is 2.32 bits per heavy atom. The van der Waals surface area contributed by atoms with Crippen LogP contribution in [0.25, 0.3) is 10.9 Å². The van der Waals surface area contributed by atoms with E-state index >= 15 is 0 Å². The zero-order chi connectivity index (χ0) is 23.9. The Morgan fingerprint density at radius 1 is 0.824 bits per heavy atom. The molecule has 1 aliphatic heterocycles. The highest BCUT2D eigenvalue weighted by molar-refractivity contribution is 5.77. The molecule has 4 rings (SSSR count). The van der Waals surface area contributed by atoms with Gasteiger partial charge in [-0.05, 0) is 43.5 Å². The number of aryl methyl sites for hydroxylation is 1. The summed E-state index contributed by atoms with van der Waals surface area (Å²) in [6.45, 7) is 5.15. The molecule has 182 valence electrons. The first kappa shape index (κ1) is 24.0. The second-order valence-electron chi connectivity index (χ2n) is 8.69. The lowest BCUT2D eigenvalue weighted by molar-refractivity contribution is 0.244. The van der Waals surface area contributed by atoms with Crippen LogP contribution in [-0.2, 0) is 13.1 Å². The van der Waals surface area contributed by atoms with Gasteiger partial charge in [-0.25, -0.2) is 4.79 Å². The highest BCUT2D eigenvalue weighted by Crippen LogP contribution is 2.28. The lowest BCUT2D eigenvalue weighted by Crippen LogP contribution is -2.49. The summed E-state index contributed by atoms with van der Waals surface area (Å²) in [5.41, 5.74) is 1.31. The Hall–Kier alpha value is -3.10.